The Balaban J connectivity index is 2.32. The van der Waals surface area contributed by atoms with Crippen LogP contribution in [0.4, 0.5) is 0 Å². The van der Waals surface area contributed by atoms with E-state index in [9.17, 15) is 18.0 Å². The van der Waals surface area contributed by atoms with Crippen LogP contribution in [0.5, 0.6) is 0 Å². The van der Waals surface area contributed by atoms with Gasteiger partial charge in [0, 0.05) is 20.1 Å². The zero-order valence-corrected chi connectivity index (χ0v) is 13.3. The third-order valence-corrected chi connectivity index (χ3v) is 6.57. The van der Waals surface area contributed by atoms with Gasteiger partial charge in [0.2, 0.25) is 15.9 Å². The lowest BCUT2D eigenvalue weighted by Gasteiger charge is -2.22. The summed E-state index contributed by atoms with van der Waals surface area (Å²) >= 11 is 0.869. The van der Waals surface area contributed by atoms with Crippen molar-refractivity contribution < 1.29 is 23.1 Å². The van der Waals surface area contributed by atoms with Crippen LogP contribution in [0.3, 0.4) is 0 Å². The molecule has 21 heavy (non-hydrogen) atoms. The normalized spacial score (nSPS) is 23.1. The van der Waals surface area contributed by atoms with E-state index in [0.29, 0.717) is 6.42 Å². The minimum atomic E-state index is -3.90. The molecule has 0 aromatic carbocycles. The van der Waals surface area contributed by atoms with Gasteiger partial charge in [-0.05, 0) is 24.8 Å². The zero-order valence-electron chi connectivity index (χ0n) is 11.6. The average Bonchev–Trinajstić information content (AvgIpc) is 3.05. The molecular formula is C12H16N2O5S2. The van der Waals surface area contributed by atoms with Gasteiger partial charge in [-0.2, -0.15) is 4.31 Å². The second kappa shape index (κ2) is 5.39. The van der Waals surface area contributed by atoms with Gasteiger partial charge in [0.05, 0.1) is 5.41 Å². The fraction of sp³-hybridized carbons (Fsp3) is 0.500. The highest BCUT2D eigenvalue weighted by Gasteiger charge is 2.45. The fourth-order valence-corrected chi connectivity index (χ4v) is 5.20. The minimum Gasteiger partial charge on any atom is -0.477 e. The SMILES string of the molecule is CNC(=O)C1(C)CCN(S(=O)(=O)c2ccsc2C(=O)O)C1. The number of carboxylic acid groups (broad SMARTS) is 1. The van der Waals surface area contributed by atoms with Crippen LogP contribution in [0.15, 0.2) is 16.3 Å². The lowest BCUT2D eigenvalue weighted by Crippen LogP contribution is -2.40. The summed E-state index contributed by atoms with van der Waals surface area (Å²) in [4.78, 5) is 22.5. The molecule has 0 bridgehead atoms. The van der Waals surface area contributed by atoms with Crippen molar-refractivity contribution in [1.82, 2.24) is 9.62 Å². The van der Waals surface area contributed by atoms with Gasteiger partial charge in [-0.3, -0.25) is 4.79 Å². The molecule has 0 aliphatic carbocycles. The molecule has 1 unspecified atom stereocenters. The van der Waals surface area contributed by atoms with E-state index in [1.54, 1.807) is 6.92 Å². The number of rotatable bonds is 4. The van der Waals surface area contributed by atoms with E-state index in [1.165, 1.54) is 22.8 Å². The summed E-state index contributed by atoms with van der Waals surface area (Å²) in [6.45, 7) is 1.94. The van der Waals surface area contributed by atoms with Crippen LogP contribution < -0.4 is 5.32 Å². The van der Waals surface area contributed by atoms with Crippen LogP contribution in [0.1, 0.15) is 23.0 Å². The van der Waals surface area contributed by atoms with Crippen LogP contribution in [-0.2, 0) is 14.8 Å². The van der Waals surface area contributed by atoms with E-state index in [2.05, 4.69) is 5.32 Å². The molecule has 7 nitrogen and oxygen atoms in total. The molecule has 1 aromatic rings. The van der Waals surface area contributed by atoms with Gasteiger partial charge >= 0.3 is 5.97 Å². The van der Waals surface area contributed by atoms with Gasteiger partial charge < -0.3 is 10.4 Å². The van der Waals surface area contributed by atoms with Crippen LogP contribution in [0, 0.1) is 5.41 Å². The smallest absolute Gasteiger partial charge is 0.347 e. The number of amides is 1. The highest BCUT2D eigenvalue weighted by Crippen LogP contribution is 2.35. The van der Waals surface area contributed by atoms with E-state index in [1.807, 2.05) is 0 Å². The molecule has 116 valence electrons. The van der Waals surface area contributed by atoms with Crippen molar-refractivity contribution in [2.24, 2.45) is 5.41 Å². The Morgan fingerprint density at radius 1 is 1.48 bits per heavy atom. The van der Waals surface area contributed by atoms with E-state index >= 15 is 0 Å². The molecule has 1 aromatic heterocycles. The molecule has 1 amide bonds. The van der Waals surface area contributed by atoms with E-state index in [-0.39, 0.29) is 28.8 Å². The molecule has 0 spiro atoms. The molecule has 9 heteroatoms. The van der Waals surface area contributed by atoms with Gasteiger partial charge in [0.1, 0.15) is 9.77 Å². The van der Waals surface area contributed by atoms with Crippen molar-refractivity contribution in [2.75, 3.05) is 20.1 Å². The standard InChI is InChI=1S/C12H16N2O5S2/c1-12(11(17)13-2)4-5-14(7-12)21(18,19)8-3-6-20-9(8)10(15)16/h3,6H,4-5,7H2,1-2H3,(H,13,17)(H,15,16). The van der Waals surface area contributed by atoms with Gasteiger partial charge in [-0.25, -0.2) is 13.2 Å². The Morgan fingerprint density at radius 2 is 2.14 bits per heavy atom. The quantitative estimate of drug-likeness (QED) is 0.840. The predicted octanol–water partition coefficient (Wildman–Crippen LogP) is 0.593. The van der Waals surface area contributed by atoms with Crippen LogP contribution in [-0.4, -0.2) is 49.8 Å². The molecule has 1 saturated heterocycles. The number of hydrogen-bond donors (Lipinski definition) is 2. The molecule has 0 radical (unpaired) electrons. The fourth-order valence-electron chi connectivity index (χ4n) is 2.41. The Kier molecular flexibility index (Phi) is 4.09. The van der Waals surface area contributed by atoms with Crippen LogP contribution in [0.2, 0.25) is 0 Å². The molecule has 2 N–H and O–H groups in total. The number of hydrogen-bond acceptors (Lipinski definition) is 5. The monoisotopic (exact) mass is 332 g/mol. The summed E-state index contributed by atoms with van der Waals surface area (Å²) in [6, 6.07) is 1.29. The maximum atomic E-state index is 12.6. The number of carbonyl (C=O) groups excluding carboxylic acids is 1. The number of carboxylic acids is 1. The highest BCUT2D eigenvalue weighted by atomic mass is 32.2. The topological polar surface area (TPSA) is 104 Å². The van der Waals surface area contributed by atoms with Crippen molar-refractivity contribution >= 4 is 33.2 Å². The highest BCUT2D eigenvalue weighted by molar-refractivity contribution is 7.89. The molecule has 1 fully saturated rings. The zero-order chi connectivity index (χ0) is 15.8. The second-order valence-corrected chi connectivity index (χ2v) is 7.97. The summed E-state index contributed by atoms with van der Waals surface area (Å²) in [5.41, 5.74) is -0.790. The van der Waals surface area contributed by atoms with Crippen molar-refractivity contribution in [3.63, 3.8) is 0 Å². The third kappa shape index (κ3) is 2.68. The van der Waals surface area contributed by atoms with E-state index in [4.69, 9.17) is 5.11 Å². The lowest BCUT2D eigenvalue weighted by molar-refractivity contribution is -0.128. The summed E-state index contributed by atoms with van der Waals surface area (Å²) in [7, 11) is -2.39. The largest absolute Gasteiger partial charge is 0.477 e. The molecule has 2 heterocycles. The molecule has 1 aliphatic rings. The van der Waals surface area contributed by atoms with Gasteiger partial charge in [-0.1, -0.05) is 0 Å². The van der Waals surface area contributed by atoms with Gasteiger partial charge in [0.25, 0.3) is 0 Å². The van der Waals surface area contributed by atoms with Crippen molar-refractivity contribution in [3.8, 4) is 0 Å². The first-order valence-electron chi connectivity index (χ1n) is 6.25. The summed E-state index contributed by atoms with van der Waals surface area (Å²) in [6.07, 6.45) is 0.401. The number of nitrogens with one attached hydrogen (secondary N) is 1. The third-order valence-electron chi connectivity index (χ3n) is 3.65. The number of nitrogens with zero attached hydrogens (tertiary/aromatic N) is 1. The molecular weight excluding hydrogens is 316 g/mol. The first kappa shape index (κ1) is 15.9. The maximum absolute atomic E-state index is 12.6. The Morgan fingerprint density at radius 3 is 2.71 bits per heavy atom. The number of carbonyl (C=O) groups is 2. The molecule has 2 rings (SSSR count). The van der Waals surface area contributed by atoms with Gasteiger partial charge in [-0.15, -0.1) is 11.3 Å². The number of thiophene rings is 1. The Labute approximate surface area is 126 Å². The van der Waals surface area contributed by atoms with Crippen LogP contribution in [0.25, 0.3) is 0 Å². The lowest BCUT2D eigenvalue weighted by atomic mass is 9.89. The van der Waals surface area contributed by atoms with Gasteiger partial charge in [0.15, 0.2) is 0 Å². The van der Waals surface area contributed by atoms with E-state index in [0.717, 1.165) is 11.3 Å². The summed E-state index contributed by atoms with van der Waals surface area (Å²) in [5, 5.41) is 13.0. The predicted molar refractivity (Wildman–Crippen MR) is 76.8 cm³/mol. The number of aromatic carboxylic acids is 1. The minimum absolute atomic E-state index is 0.0455. The summed E-state index contributed by atoms with van der Waals surface area (Å²) < 4.78 is 26.3. The maximum Gasteiger partial charge on any atom is 0.347 e. The van der Waals surface area contributed by atoms with E-state index < -0.39 is 21.4 Å². The molecule has 1 aliphatic heterocycles. The van der Waals surface area contributed by atoms with Crippen molar-refractivity contribution in [1.29, 1.82) is 0 Å². The second-order valence-electron chi connectivity index (χ2n) is 5.15. The first-order chi connectivity index (χ1) is 9.72. The van der Waals surface area contributed by atoms with Crippen molar-refractivity contribution in [2.45, 2.75) is 18.2 Å². The Hall–Kier alpha value is -1.45. The Bertz CT molecular complexity index is 682. The average molecular weight is 332 g/mol. The molecule has 0 saturated carbocycles. The first-order valence-corrected chi connectivity index (χ1v) is 8.57. The van der Waals surface area contributed by atoms with Crippen molar-refractivity contribution in [3.05, 3.63) is 16.3 Å². The summed E-state index contributed by atoms with van der Waals surface area (Å²) in [5.74, 6) is -1.49. The molecule has 1 atom stereocenters. The van der Waals surface area contributed by atoms with Crippen LogP contribution >= 0.6 is 11.3 Å². The number of sulfonamides is 1.